The summed E-state index contributed by atoms with van der Waals surface area (Å²) in [7, 11) is 3.03. The summed E-state index contributed by atoms with van der Waals surface area (Å²) in [6.45, 7) is 7.79. The van der Waals surface area contributed by atoms with Gasteiger partial charge in [0.2, 0.25) is 5.91 Å². The zero-order valence-corrected chi connectivity index (χ0v) is 33.9. The molecule has 14 nitrogen and oxygen atoms in total. The van der Waals surface area contributed by atoms with Gasteiger partial charge < -0.3 is 38.9 Å². The molecule has 5 atom stereocenters. The lowest BCUT2D eigenvalue weighted by Crippen LogP contribution is -2.52. The topological polar surface area (TPSA) is 164 Å². The number of anilines is 3. The fourth-order valence-corrected chi connectivity index (χ4v) is 8.95. The van der Waals surface area contributed by atoms with Crippen molar-refractivity contribution in [1.82, 2.24) is 4.57 Å². The second-order valence-corrected chi connectivity index (χ2v) is 16.1. The van der Waals surface area contributed by atoms with Crippen LogP contribution in [0.2, 0.25) is 0 Å². The van der Waals surface area contributed by atoms with E-state index in [1.807, 2.05) is 32.0 Å². The highest BCUT2D eigenvalue weighted by Gasteiger charge is 2.49. The van der Waals surface area contributed by atoms with Crippen molar-refractivity contribution in [3.63, 3.8) is 0 Å². The number of rotatable bonds is 11. The molecule has 3 amide bonds. The number of hydrogen-bond acceptors (Lipinski definition) is 11. The van der Waals surface area contributed by atoms with Gasteiger partial charge in [-0.3, -0.25) is 19.3 Å². The van der Waals surface area contributed by atoms with Crippen LogP contribution in [0.5, 0.6) is 0 Å². The first kappa shape index (κ1) is 40.8. The molecule has 4 aromatic rings. The van der Waals surface area contributed by atoms with Crippen LogP contribution in [0.15, 0.2) is 61.3 Å². The normalized spacial score (nSPS) is 21.7. The highest BCUT2D eigenvalue weighted by atomic mass is 32.1. The summed E-state index contributed by atoms with van der Waals surface area (Å²) in [5.41, 5.74) is 3.98. The Kier molecular flexibility index (Phi) is 12.4. The van der Waals surface area contributed by atoms with Crippen molar-refractivity contribution in [3.8, 4) is 0 Å². The number of aromatic nitrogens is 1. The van der Waals surface area contributed by atoms with Crippen molar-refractivity contribution in [2.45, 2.75) is 71.0 Å². The Hall–Kier alpha value is -5.35. The van der Waals surface area contributed by atoms with E-state index in [1.165, 1.54) is 29.4 Å². The number of carbonyl (C=O) groups excluding carboxylic acids is 5. The number of Topliss-reactive ketones (excluding diaryl/α,β-unsaturated/α-hetero) is 1. The Morgan fingerprint density at radius 3 is 2.57 bits per heavy atom. The third-order valence-electron chi connectivity index (χ3n) is 11.0. The monoisotopic (exact) mass is 812 g/mol. The van der Waals surface area contributed by atoms with Gasteiger partial charge in [0.05, 0.1) is 24.6 Å². The molecule has 0 spiro atoms. The van der Waals surface area contributed by atoms with Crippen LogP contribution in [0.3, 0.4) is 0 Å². The van der Waals surface area contributed by atoms with E-state index in [-0.39, 0.29) is 24.9 Å². The molecule has 1 saturated carbocycles. The minimum Gasteiger partial charge on any atom is -0.465 e. The molecular formula is C43H48N4O10S. The van der Waals surface area contributed by atoms with E-state index in [9.17, 15) is 24.0 Å². The molecule has 3 aliphatic rings. The van der Waals surface area contributed by atoms with Gasteiger partial charge >= 0.3 is 12.1 Å². The molecule has 0 bridgehead atoms. The Balaban J connectivity index is 1.04. The first-order chi connectivity index (χ1) is 27.9. The number of amides is 3. The second-order valence-electron chi connectivity index (χ2n) is 15.0. The number of aryl methyl sites for hydroxylation is 3. The molecule has 4 heterocycles. The fraction of sp³-hybridized carbons (Fsp3) is 0.419. The van der Waals surface area contributed by atoms with Crippen LogP contribution in [0.1, 0.15) is 80.2 Å². The highest BCUT2D eigenvalue weighted by Crippen LogP contribution is 2.45. The minimum absolute atomic E-state index is 0.0230. The Bertz CT molecular complexity index is 2240. The molecule has 15 heteroatoms. The van der Waals surface area contributed by atoms with Crippen molar-refractivity contribution >= 4 is 68.1 Å². The molecule has 2 aliphatic heterocycles. The van der Waals surface area contributed by atoms with Gasteiger partial charge in [0.15, 0.2) is 12.1 Å². The maximum Gasteiger partial charge on any atom is 0.416 e. The van der Waals surface area contributed by atoms with E-state index < -0.39 is 48.4 Å². The maximum absolute atomic E-state index is 14.4. The molecule has 2 N–H and O–H groups in total. The number of carbonyl (C=O) groups is 5. The average Bonchev–Trinajstić information content (AvgIpc) is 3.80. The standard InChI is InChI=1S/C43H48N4O10S/c1-6-14-55-43(52)47-33-17-25(3)24(2)16-32(33)39(49)30-12-11-29(21-31(30)41(47)57-38-9-7-8-15-54-38)56-23-37(48)44-28-20-34(46(4)22-28)40(50)45-27-10-13-35-26(18-27)19-36(58-35)42(51)53-5/h6,10,13,16-20,22,29-31,38,41H,1,7-9,11-12,14-15,21,23H2,2-5H3,(H,44,48)(H,45,50)/t29-,30?,31-,38?,41?/m1/s1. The van der Waals surface area contributed by atoms with Crippen LogP contribution in [-0.4, -0.2) is 79.8 Å². The number of thiophene rings is 1. The molecule has 3 unspecified atom stereocenters. The first-order valence-corrected chi connectivity index (χ1v) is 20.3. The molecule has 2 aromatic carbocycles. The molecule has 58 heavy (non-hydrogen) atoms. The van der Waals surface area contributed by atoms with Crippen LogP contribution >= 0.6 is 11.3 Å². The summed E-state index contributed by atoms with van der Waals surface area (Å²) in [5, 5.41) is 6.50. The molecule has 0 radical (unpaired) electrons. The molecule has 306 valence electrons. The smallest absolute Gasteiger partial charge is 0.416 e. The molecule has 1 saturated heterocycles. The molecule has 7 rings (SSSR count). The summed E-state index contributed by atoms with van der Waals surface area (Å²) >= 11 is 1.31. The Morgan fingerprint density at radius 1 is 1.00 bits per heavy atom. The number of methoxy groups -OCH3 is 1. The summed E-state index contributed by atoms with van der Waals surface area (Å²) in [6.07, 6.45) is 4.34. The minimum atomic E-state index is -0.906. The van der Waals surface area contributed by atoms with Gasteiger partial charge in [-0.1, -0.05) is 12.7 Å². The lowest BCUT2D eigenvalue weighted by atomic mass is 9.74. The van der Waals surface area contributed by atoms with E-state index in [2.05, 4.69) is 17.2 Å². The van der Waals surface area contributed by atoms with E-state index >= 15 is 0 Å². The number of nitrogens with one attached hydrogen (secondary N) is 2. The summed E-state index contributed by atoms with van der Waals surface area (Å²) in [6, 6.07) is 12.3. The second kappa shape index (κ2) is 17.6. The predicted octanol–water partition coefficient (Wildman–Crippen LogP) is 7.53. The number of nitrogens with zero attached hydrogens (tertiary/aromatic N) is 2. The number of esters is 1. The number of fused-ring (bicyclic) bond motifs is 3. The molecule has 2 aromatic heterocycles. The zero-order valence-electron chi connectivity index (χ0n) is 33.0. The Labute approximate surface area is 340 Å². The summed E-state index contributed by atoms with van der Waals surface area (Å²) < 4.78 is 31.8. The SMILES string of the molecule is C=CCOC(=O)N1c2cc(C)c(C)cc2C(=O)C2CC[C@@H](OCC(=O)Nc3cc(C(=O)Nc4ccc5sc(C(=O)OC)cc5c4)n(C)c3)C[C@H]2C1OC1CCCCO1. The molecule has 1 aliphatic carbocycles. The van der Waals surface area contributed by atoms with Gasteiger partial charge in [0.25, 0.3) is 5.91 Å². The van der Waals surface area contributed by atoms with Crippen molar-refractivity contribution in [3.05, 3.63) is 88.6 Å². The largest absolute Gasteiger partial charge is 0.465 e. The van der Waals surface area contributed by atoms with E-state index in [1.54, 1.807) is 42.1 Å². The summed E-state index contributed by atoms with van der Waals surface area (Å²) in [4.78, 5) is 68.7. The maximum atomic E-state index is 14.4. The number of hydrogen-bond donors (Lipinski definition) is 2. The average molecular weight is 813 g/mol. The van der Waals surface area contributed by atoms with Crippen LogP contribution < -0.4 is 15.5 Å². The first-order valence-electron chi connectivity index (χ1n) is 19.4. The van der Waals surface area contributed by atoms with Crippen molar-refractivity contribution in [1.29, 1.82) is 0 Å². The van der Waals surface area contributed by atoms with Gasteiger partial charge in [-0.25, -0.2) is 9.59 Å². The fourth-order valence-electron chi connectivity index (χ4n) is 7.99. The van der Waals surface area contributed by atoms with Gasteiger partial charge in [-0.15, -0.1) is 11.3 Å². The van der Waals surface area contributed by atoms with Crippen LogP contribution in [-0.2, 0) is 35.5 Å². The van der Waals surface area contributed by atoms with Crippen LogP contribution in [0, 0.1) is 25.7 Å². The van der Waals surface area contributed by atoms with Crippen molar-refractivity contribution < 1.29 is 47.7 Å². The third kappa shape index (κ3) is 8.72. The number of ketones is 1. The highest BCUT2D eigenvalue weighted by molar-refractivity contribution is 7.20. The Morgan fingerprint density at radius 2 is 1.81 bits per heavy atom. The molecular weight excluding hydrogens is 765 g/mol. The third-order valence-corrected chi connectivity index (χ3v) is 12.1. The quantitative estimate of drug-likeness (QED) is 0.114. The summed E-state index contributed by atoms with van der Waals surface area (Å²) in [5.74, 6) is -2.26. The van der Waals surface area contributed by atoms with E-state index in [0.29, 0.717) is 65.5 Å². The van der Waals surface area contributed by atoms with E-state index in [4.69, 9.17) is 23.7 Å². The van der Waals surface area contributed by atoms with Gasteiger partial charge in [-0.2, -0.15) is 0 Å². The predicted molar refractivity (Wildman–Crippen MR) is 218 cm³/mol. The molecule has 2 fully saturated rings. The van der Waals surface area contributed by atoms with Crippen LogP contribution in [0.4, 0.5) is 21.9 Å². The zero-order chi connectivity index (χ0) is 41.1. The number of benzene rings is 2. The van der Waals surface area contributed by atoms with Gasteiger partial charge in [0, 0.05) is 47.6 Å². The lowest BCUT2D eigenvalue weighted by Gasteiger charge is -2.42. The van der Waals surface area contributed by atoms with E-state index in [0.717, 1.165) is 34.1 Å². The van der Waals surface area contributed by atoms with Crippen LogP contribution in [0.25, 0.3) is 10.1 Å². The van der Waals surface area contributed by atoms with Gasteiger partial charge in [0.1, 0.15) is 30.0 Å². The van der Waals surface area contributed by atoms with Gasteiger partial charge in [-0.05, 0) is 111 Å². The number of ether oxygens (including phenoxy) is 5. The lowest BCUT2D eigenvalue weighted by molar-refractivity contribution is -0.204. The van der Waals surface area contributed by atoms with Crippen molar-refractivity contribution in [2.75, 3.05) is 42.5 Å². The van der Waals surface area contributed by atoms with Crippen molar-refractivity contribution in [2.24, 2.45) is 18.9 Å².